The summed E-state index contributed by atoms with van der Waals surface area (Å²) in [5, 5.41) is 2.14. The van der Waals surface area contributed by atoms with E-state index in [0.717, 1.165) is 11.6 Å². The normalized spacial score (nSPS) is 13.4. The lowest BCUT2D eigenvalue weighted by Crippen LogP contribution is -2.17. The fraction of sp³-hybridized carbons (Fsp3) is 0.688. The van der Waals surface area contributed by atoms with E-state index in [-0.39, 0.29) is 5.41 Å². The largest absolute Gasteiger partial charge is 0.342 e. The van der Waals surface area contributed by atoms with Crippen LogP contribution in [0.3, 0.4) is 0 Å². The molecule has 2 nitrogen and oxygen atoms in total. The van der Waals surface area contributed by atoms with Gasteiger partial charge in [-0.2, -0.15) is 0 Å². The number of rotatable bonds is 6. The van der Waals surface area contributed by atoms with Crippen LogP contribution in [0.2, 0.25) is 0 Å². The minimum Gasteiger partial charge on any atom is -0.342 e. The smallest absolute Gasteiger partial charge is 0.130 e. The standard InChI is InChI=1S/C16H28N2S/c1-7-9-16(5,6)13-11-17-14(18-13)8-10-19-12-15(2,3)4/h8,10-11H,7,9,12H2,1-6H3,(H,17,18)/b10-8+. The van der Waals surface area contributed by atoms with Gasteiger partial charge in [-0.1, -0.05) is 48.0 Å². The van der Waals surface area contributed by atoms with E-state index in [0.29, 0.717) is 5.41 Å². The first-order valence-corrected chi connectivity index (χ1v) is 8.13. The summed E-state index contributed by atoms with van der Waals surface area (Å²) < 4.78 is 0. The summed E-state index contributed by atoms with van der Waals surface area (Å²) in [6.45, 7) is 13.5. The number of imidazole rings is 1. The number of H-pyrrole nitrogens is 1. The number of hydrogen-bond donors (Lipinski definition) is 1. The molecule has 0 fully saturated rings. The Morgan fingerprint density at radius 2 is 1.95 bits per heavy atom. The lowest BCUT2D eigenvalue weighted by molar-refractivity contribution is 0.461. The highest BCUT2D eigenvalue weighted by Crippen LogP contribution is 2.27. The number of thioether (sulfide) groups is 1. The minimum atomic E-state index is 0.187. The van der Waals surface area contributed by atoms with Crippen LogP contribution in [-0.2, 0) is 5.41 Å². The van der Waals surface area contributed by atoms with Gasteiger partial charge in [-0.05, 0) is 23.3 Å². The van der Waals surface area contributed by atoms with Crippen LogP contribution in [0.25, 0.3) is 6.08 Å². The lowest BCUT2D eigenvalue weighted by atomic mass is 9.85. The molecule has 1 aromatic rings. The highest BCUT2D eigenvalue weighted by atomic mass is 32.2. The average molecular weight is 280 g/mol. The van der Waals surface area contributed by atoms with Gasteiger partial charge in [0.05, 0.1) is 0 Å². The van der Waals surface area contributed by atoms with Crippen molar-refractivity contribution in [2.45, 2.75) is 59.8 Å². The molecule has 19 heavy (non-hydrogen) atoms. The third kappa shape index (κ3) is 5.85. The summed E-state index contributed by atoms with van der Waals surface area (Å²) in [4.78, 5) is 7.87. The van der Waals surface area contributed by atoms with Gasteiger partial charge in [-0.15, -0.1) is 11.8 Å². The molecule has 108 valence electrons. The molecular weight excluding hydrogens is 252 g/mol. The maximum absolute atomic E-state index is 4.44. The van der Waals surface area contributed by atoms with Gasteiger partial charge in [0.15, 0.2) is 0 Å². The third-order valence-electron chi connectivity index (χ3n) is 3.04. The summed E-state index contributed by atoms with van der Waals surface area (Å²) in [6.07, 6.45) is 6.42. The molecule has 3 heteroatoms. The Bertz CT molecular complexity index is 411. The van der Waals surface area contributed by atoms with Crippen LogP contribution in [0, 0.1) is 5.41 Å². The average Bonchev–Trinajstić information content (AvgIpc) is 2.72. The van der Waals surface area contributed by atoms with Gasteiger partial charge in [-0.25, -0.2) is 4.98 Å². The SMILES string of the molecule is CCCC(C)(C)c1cnc(/C=C/SCC(C)(C)C)[nH]1. The Hall–Kier alpha value is -0.700. The molecule has 1 aromatic heterocycles. The number of hydrogen-bond acceptors (Lipinski definition) is 2. The summed E-state index contributed by atoms with van der Waals surface area (Å²) in [6, 6.07) is 0. The number of nitrogens with one attached hydrogen (secondary N) is 1. The van der Waals surface area contributed by atoms with Crippen molar-refractivity contribution in [3.8, 4) is 0 Å². The second-order valence-electron chi connectivity index (χ2n) is 6.99. The van der Waals surface area contributed by atoms with Crippen molar-refractivity contribution in [2.75, 3.05) is 5.75 Å². The molecule has 0 unspecified atom stereocenters. The molecule has 0 aromatic carbocycles. The molecule has 0 aliphatic carbocycles. The summed E-state index contributed by atoms with van der Waals surface area (Å²) in [7, 11) is 0. The van der Waals surface area contributed by atoms with Crippen LogP contribution in [0.1, 0.15) is 65.9 Å². The van der Waals surface area contributed by atoms with Crippen LogP contribution in [0.4, 0.5) is 0 Å². The fourth-order valence-corrected chi connectivity index (χ4v) is 2.76. The van der Waals surface area contributed by atoms with Crippen molar-refractivity contribution in [1.82, 2.24) is 9.97 Å². The minimum absolute atomic E-state index is 0.187. The zero-order chi connectivity index (χ0) is 14.5. The van der Waals surface area contributed by atoms with Crippen molar-refractivity contribution in [3.63, 3.8) is 0 Å². The van der Waals surface area contributed by atoms with Gasteiger partial charge < -0.3 is 4.98 Å². The second kappa shape index (κ2) is 6.65. The Labute approximate surface area is 122 Å². The van der Waals surface area contributed by atoms with Crippen LogP contribution in [-0.4, -0.2) is 15.7 Å². The molecule has 0 aliphatic heterocycles. The van der Waals surface area contributed by atoms with Crippen LogP contribution in [0.15, 0.2) is 11.6 Å². The van der Waals surface area contributed by atoms with Gasteiger partial charge in [-0.3, -0.25) is 0 Å². The predicted octanol–water partition coefficient (Wildman–Crippen LogP) is 5.24. The van der Waals surface area contributed by atoms with Crippen molar-refractivity contribution in [3.05, 3.63) is 23.1 Å². The molecule has 0 atom stereocenters. The number of aromatic amines is 1. The van der Waals surface area contributed by atoms with Crippen LogP contribution < -0.4 is 0 Å². The molecule has 1 heterocycles. The van der Waals surface area contributed by atoms with Gasteiger partial charge in [0, 0.05) is 23.1 Å². The van der Waals surface area contributed by atoms with Crippen LogP contribution >= 0.6 is 11.8 Å². The molecule has 1 N–H and O–H groups in total. The van der Waals surface area contributed by atoms with E-state index in [1.165, 1.54) is 18.5 Å². The zero-order valence-electron chi connectivity index (χ0n) is 13.2. The Kier molecular flexibility index (Phi) is 5.72. The fourth-order valence-electron chi connectivity index (χ4n) is 1.94. The van der Waals surface area contributed by atoms with Gasteiger partial charge in [0.25, 0.3) is 0 Å². The van der Waals surface area contributed by atoms with E-state index >= 15 is 0 Å². The van der Waals surface area contributed by atoms with E-state index in [9.17, 15) is 0 Å². The summed E-state index contributed by atoms with van der Waals surface area (Å²) in [5.74, 6) is 2.08. The van der Waals surface area contributed by atoms with Gasteiger partial charge in [0.1, 0.15) is 5.82 Å². The number of nitrogens with zero attached hydrogens (tertiary/aromatic N) is 1. The van der Waals surface area contributed by atoms with Gasteiger partial charge >= 0.3 is 0 Å². The Balaban J connectivity index is 2.58. The zero-order valence-corrected chi connectivity index (χ0v) is 14.0. The Morgan fingerprint density at radius 1 is 1.26 bits per heavy atom. The van der Waals surface area contributed by atoms with Crippen molar-refractivity contribution >= 4 is 17.8 Å². The second-order valence-corrected chi connectivity index (χ2v) is 7.88. The molecular formula is C16H28N2S. The monoisotopic (exact) mass is 280 g/mol. The summed E-state index contributed by atoms with van der Waals surface area (Å²) >= 11 is 1.84. The summed E-state index contributed by atoms with van der Waals surface area (Å²) in [5.41, 5.74) is 1.79. The molecule has 0 aliphatic rings. The first kappa shape index (κ1) is 16.4. The molecule has 1 rings (SSSR count). The highest BCUT2D eigenvalue weighted by molar-refractivity contribution is 8.02. The number of aromatic nitrogens is 2. The first-order chi connectivity index (χ1) is 8.74. The first-order valence-electron chi connectivity index (χ1n) is 7.08. The highest BCUT2D eigenvalue weighted by Gasteiger charge is 2.21. The van der Waals surface area contributed by atoms with E-state index in [1.807, 2.05) is 18.0 Å². The van der Waals surface area contributed by atoms with E-state index in [2.05, 4.69) is 63.0 Å². The van der Waals surface area contributed by atoms with E-state index in [4.69, 9.17) is 0 Å². The molecule has 0 bridgehead atoms. The van der Waals surface area contributed by atoms with E-state index < -0.39 is 0 Å². The molecule has 0 radical (unpaired) electrons. The maximum atomic E-state index is 4.44. The quantitative estimate of drug-likeness (QED) is 0.772. The maximum Gasteiger partial charge on any atom is 0.130 e. The molecule has 0 amide bonds. The van der Waals surface area contributed by atoms with Gasteiger partial charge in [0.2, 0.25) is 0 Å². The van der Waals surface area contributed by atoms with Crippen molar-refractivity contribution < 1.29 is 0 Å². The lowest BCUT2D eigenvalue weighted by Gasteiger charge is -2.21. The molecule has 0 saturated carbocycles. The van der Waals surface area contributed by atoms with Crippen molar-refractivity contribution in [2.24, 2.45) is 5.41 Å². The Morgan fingerprint density at radius 3 is 2.53 bits per heavy atom. The molecule has 0 saturated heterocycles. The predicted molar refractivity (Wildman–Crippen MR) is 87.5 cm³/mol. The third-order valence-corrected chi connectivity index (χ3v) is 4.40. The van der Waals surface area contributed by atoms with Crippen molar-refractivity contribution in [1.29, 1.82) is 0 Å². The molecule has 0 spiro atoms. The van der Waals surface area contributed by atoms with Crippen LogP contribution in [0.5, 0.6) is 0 Å². The van der Waals surface area contributed by atoms with E-state index in [1.54, 1.807) is 0 Å². The topological polar surface area (TPSA) is 28.7 Å².